The predicted molar refractivity (Wildman–Crippen MR) is 253 cm³/mol. The number of carboxylic acids is 1. The Kier molecular flexibility index (Phi) is 14.3. The van der Waals surface area contributed by atoms with Crippen molar-refractivity contribution in [1.29, 1.82) is 0 Å². The van der Waals surface area contributed by atoms with Gasteiger partial charge in [0.05, 0.1) is 21.0 Å². The number of aliphatic carboxylic acids is 1. The number of allylic oxidation sites excluding steroid dienone is 8. The molecular weight excluding hydrogens is 989 g/mol. The first-order valence-electron chi connectivity index (χ1n) is 20.7. The summed E-state index contributed by atoms with van der Waals surface area (Å²) in [7, 11) is -24.3. The van der Waals surface area contributed by atoms with Crippen molar-refractivity contribution in [2.45, 2.75) is 90.2 Å². The van der Waals surface area contributed by atoms with Gasteiger partial charge in [-0.2, -0.15) is 46.7 Å². The molecule has 6 rings (SSSR count). The Morgan fingerprint density at radius 2 is 1.24 bits per heavy atom. The molecule has 2 aliphatic rings. The lowest BCUT2D eigenvalue weighted by Gasteiger charge is -2.27. The molecule has 0 bridgehead atoms. The van der Waals surface area contributed by atoms with Gasteiger partial charge >= 0.3 is 5.97 Å². The highest BCUT2D eigenvalue weighted by molar-refractivity contribution is 7.87. The zero-order valence-electron chi connectivity index (χ0n) is 36.9. The number of fused-ring (bicyclic) bond motifs is 6. The normalized spacial score (nSPS) is 17.2. The van der Waals surface area contributed by atoms with Crippen molar-refractivity contribution >= 4 is 95.2 Å². The van der Waals surface area contributed by atoms with E-state index in [-0.39, 0.29) is 40.9 Å². The number of nitrogens with zero attached hydrogens (tertiary/aromatic N) is 2. The second-order valence-electron chi connectivity index (χ2n) is 17.3. The minimum atomic E-state index is -5.05. The molecule has 0 fully saturated rings. The first kappa shape index (κ1) is 52.2. The summed E-state index contributed by atoms with van der Waals surface area (Å²) in [6, 6.07) is 9.57. The lowest BCUT2D eigenvalue weighted by atomic mass is 9.79. The van der Waals surface area contributed by atoms with Crippen molar-refractivity contribution in [2.75, 3.05) is 23.7 Å². The number of carbonyl (C=O) groups is 1. The summed E-state index contributed by atoms with van der Waals surface area (Å²) in [5, 5.41) is 9.33. The topological polar surface area (TPSA) is 315 Å². The number of anilines is 1. The molecule has 0 spiro atoms. The molecule has 24 heteroatoms. The number of unbranched alkanes of at least 4 members (excludes halogenated alkanes) is 2. The third-order valence-corrected chi connectivity index (χ3v) is 16.2. The van der Waals surface area contributed by atoms with Crippen LogP contribution in [0.15, 0.2) is 116 Å². The van der Waals surface area contributed by atoms with Gasteiger partial charge < -0.3 is 10.0 Å². The molecule has 0 aromatic heterocycles. The van der Waals surface area contributed by atoms with E-state index in [9.17, 15) is 69.6 Å². The molecule has 2 aliphatic heterocycles. The van der Waals surface area contributed by atoms with Gasteiger partial charge in [-0.05, 0) is 85.5 Å². The van der Waals surface area contributed by atoms with E-state index in [1.165, 1.54) is 18.2 Å². The lowest BCUT2D eigenvalue weighted by molar-refractivity contribution is -0.437. The molecule has 0 radical (unpaired) electrons. The fourth-order valence-corrected chi connectivity index (χ4v) is 12.3. The van der Waals surface area contributed by atoms with Gasteiger partial charge in [0.15, 0.2) is 5.71 Å². The van der Waals surface area contributed by atoms with Gasteiger partial charge in [-0.3, -0.25) is 27.6 Å². The summed E-state index contributed by atoms with van der Waals surface area (Å²) in [6.07, 6.45) is 13.3. The van der Waals surface area contributed by atoms with Crippen LogP contribution >= 0.6 is 0 Å². The summed E-state index contributed by atoms with van der Waals surface area (Å²) in [5.41, 5.74) is 0.997. The van der Waals surface area contributed by atoms with Crippen molar-refractivity contribution in [3.05, 3.63) is 108 Å². The van der Waals surface area contributed by atoms with Crippen molar-refractivity contribution in [3.63, 3.8) is 0 Å². The van der Waals surface area contributed by atoms with E-state index in [1.54, 1.807) is 67.0 Å². The fraction of sp³-hybridized carbons (Fsp3) is 0.318. The highest BCUT2D eigenvalue weighted by Crippen LogP contribution is 2.52. The van der Waals surface area contributed by atoms with Gasteiger partial charge in [-0.25, -0.2) is 0 Å². The first-order valence-corrected chi connectivity index (χ1v) is 28.1. The number of hydrogen-bond acceptors (Lipinski definition) is 12. The van der Waals surface area contributed by atoms with Gasteiger partial charge in [-0.1, -0.05) is 56.7 Å². The third-order valence-electron chi connectivity index (χ3n) is 11.9. The van der Waals surface area contributed by atoms with E-state index < -0.39 is 92.7 Å². The van der Waals surface area contributed by atoms with E-state index >= 15 is 0 Å². The summed E-state index contributed by atoms with van der Waals surface area (Å²) < 4.78 is 174. The number of benzene rings is 4. The van der Waals surface area contributed by atoms with Gasteiger partial charge in [0.25, 0.3) is 50.6 Å². The number of rotatable bonds is 18. The molecule has 19 nitrogen and oxygen atoms in total. The summed E-state index contributed by atoms with van der Waals surface area (Å²) in [5.74, 6) is -1.54. The van der Waals surface area contributed by atoms with Crippen LogP contribution in [0.5, 0.6) is 0 Å². The smallest absolute Gasteiger partial charge is 0.303 e. The van der Waals surface area contributed by atoms with E-state index in [2.05, 4.69) is 0 Å². The van der Waals surface area contributed by atoms with Crippen LogP contribution in [0.2, 0.25) is 0 Å². The lowest BCUT2D eigenvalue weighted by Crippen LogP contribution is -2.28. The Hall–Kier alpha value is -5.15. The van der Waals surface area contributed by atoms with Gasteiger partial charge in [0, 0.05) is 64.7 Å². The molecule has 0 saturated carbocycles. The molecule has 4 aromatic carbocycles. The average molecular weight is 1040 g/mol. The molecule has 0 unspecified atom stereocenters. The zero-order valence-corrected chi connectivity index (χ0v) is 41.0. The monoisotopic (exact) mass is 1040 g/mol. The summed E-state index contributed by atoms with van der Waals surface area (Å²) in [6.45, 7) is 7.53. The number of carboxylic acid groups (broad SMARTS) is 1. The molecule has 68 heavy (non-hydrogen) atoms. The van der Waals surface area contributed by atoms with Crippen molar-refractivity contribution in [2.24, 2.45) is 0 Å². The van der Waals surface area contributed by atoms with Crippen LogP contribution < -0.4 is 4.90 Å². The van der Waals surface area contributed by atoms with Crippen LogP contribution in [0.3, 0.4) is 0 Å². The van der Waals surface area contributed by atoms with E-state index in [0.717, 1.165) is 12.1 Å². The van der Waals surface area contributed by atoms with Crippen LogP contribution in [-0.2, 0) is 66.2 Å². The molecule has 0 aliphatic carbocycles. The maximum absolute atomic E-state index is 12.8. The van der Waals surface area contributed by atoms with Gasteiger partial charge in [0.1, 0.15) is 16.3 Å². The standard InChI is InChI=1S/C44H48N2O17S5/c1-43(2)37(46(22-13-23-64(49,50)51)33-20-18-31-32(41(33)43)25-30(66(55,56)57)26-35(31)67(58,59)60)14-9-6-5-7-10-15-38-44(3,4)42-34(45(38)21-12-8-11-16-39(47)48)19-17-28-24-29(65(52,53)54)27-36(40(28)42)68(61,62)63/h5-7,9-10,14-15,17-20,24-27H,8,11-13,16,21-23H2,1-4H3,(H5-,47,48,49,50,51,52,53,54,55,56,57,58,59,60,61,62,63)/p+1. The Balaban J connectivity index is 1.40. The van der Waals surface area contributed by atoms with Crippen LogP contribution in [-0.4, -0.2) is 105 Å². The second kappa shape index (κ2) is 18.6. The Morgan fingerprint density at radius 1 is 0.632 bits per heavy atom. The minimum Gasteiger partial charge on any atom is -0.481 e. The second-order valence-corrected chi connectivity index (χ2v) is 24.5. The third kappa shape index (κ3) is 10.8. The van der Waals surface area contributed by atoms with Crippen LogP contribution in [0, 0.1) is 0 Å². The van der Waals surface area contributed by atoms with E-state index in [1.807, 2.05) is 18.7 Å². The largest absolute Gasteiger partial charge is 0.481 e. The Morgan fingerprint density at radius 3 is 1.84 bits per heavy atom. The summed E-state index contributed by atoms with van der Waals surface area (Å²) >= 11 is 0. The van der Waals surface area contributed by atoms with Crippen molar-refractivity contribution in [3.8, 4) is 0 Å². The maximum atomic E-state index is 12.8. The van der Waals surface area contributed by atoms with E-state index in [4.69, 9.17) is 5.11 Å². The molecule has 0 saturated heterocycles. The molecular formula is C44H49N2O17S5+. The van der Waals surface area contributed by atoms with Crippen LogP contribution in [0.4, 0.5) is 11.4 Å². The molecule has 0 amide bonds. The average Bonchev–Trinajstić information content (AvgIpc) is 3.55. The number of hydrogen-bond donors (Lipinski definition) is 6. The highest BCUT2D eigenvalue weighted by Gasteiger charge is 2.46. The predicted octanol–water partition coefficient (Wildman–Crippen LogP) is 6.63. The molecule has 366 valence electrons. The van der Waals surface area contributed by atoms with Crippen molar-refractivity contribution < 1.29 is 79.3 Å². The quantitative estimate of drug-likeness (QED) is 0.0264. The van der Waals surface area contributed by atoms with Crippen LogP contribution in [0.1, 0.15) is 70.9 Å². The van der Waals surface area contributed by atoms with Gasteiger partial charge in [0.2, 0.25) is 5.69 Å². The minimum absolute atomic E-state index is 0.0265. The first-order chi connectivity index (χ1) is 31.3. The van der Waals surface area contributed by atoms with Gasteiger partial charge in [-0.15, -0.1) is 0 Å². The highest BCUT2D eigenvalue weighted by atomic mass is 32.2. The fourth-order valence-electron chi connectivity index (χ4n) is 9.09. The SMILES string of the molecule is CC1(C)C(/C=C/C=C/C=C/C=C2\N(CCCCCC(=O)O)c3ccc4cc(S(=O)(=O)O)cc(S(=O)(=O)O)c4c3C2(C)C)=[N+](CCCS(=O)(=O)O)c2ccc3c(S(=O)(=O)O)cc(S(=O)(=O)O)cc3c21. The zero-order chi connectivity index (χ0) is 50.6. The molecule has 2 heterocycles. The Labute approximate surface area is 394 Å². The molecule has 0 atom stereocenters. The van der Waals surface area contributed by atoms with Crippen LogP contribution in [0.25, 0.3) is 21.5 Å². The van der Waals surface area contributed by atoms with Crippen molar-refractivity contribution in [1.82, 2.24) is 0 Å². The molecule has 4 aromatic rings. The van der Waals surface area contributed by atoms with E-state index in [0.29, 0.717) is 71.9 Å². The Bertz CT molecular complexity index is 3520. The summed E-state index contributed by atoms with van der Waals surface area (Å²) in [4.78, 5) is 10.1. The maximum Gasteiger partial charge on any atom is 0.303 e. The molecule has 6 N–H and O–H groups in total.